The van der Waals surface area contributed by atoms with E-state index >= 15 is 0 Å². The van der Waals surface area contributed by atoms with Crippen molar-refractivity contribution in [1.82, 2.24) is 9.55 Å². The minimum Gasteiger partial charge on any atom is -0.326 e. The Hall–Kier alpha value is -1.70. The highest BCUT2D eigenvalue weighted by molar-refractivity contribution is 7.85. The Morgan fingerprint density at radius 1 is 1.27 bits per heavy atom. The lowest BCUT2D eigenvalue weighted by atomic mass is 10.2. The van der Waals surface area contributed by atoms with Gasteiger partial charge < -0.3 is 4.57 Å². The molecule has 0 saturated heterocycles. The Bertz CT molecular complexity index is 757. The maximum Gasteiger partial charge on any atom is 0.416 e. The molecule has 1 atom stereocenters. The van der Waals surface area contributed by atoms with Crippen LogP contribution < -0.4 is 0 Å². The minimum atomic E-state index is -4.41. The van der Waals surface area contributed by atoms with Crippen molar-refractivity contribution in [3.8, 4) is 0 Å². The third-order valence-electron chi connectivity index (χ3n) is 3.03. The molecule has 0 spiro atoms. The monoisotopic (exact) mass is 331 g/mol. The molecule has 1 heterocycles. The molecule has 0 aliphatic rings. The molecule has 22 heavy (non-hydrogen) atoms. The number of alkyl halides is 3. The maximum atomic E-state index is 12.7. The zero-order valence-corrected chi connectivity index (χ0v) is 13.4. The molecular formula is C14H16F3N3OS. The summed E-state index contributed by atoms with van der Waals surface area (Å²) >= 11 is 0. The van der Waals surface area contributed by atoms with Crippen molar-refractivity contribution in [2.45, 2.75) is 31.7 Å². The van der Waals surface area contributed by atoms with Gasteiger partial charge in [-0.3, -0.25) is 0 Å². The van der Waals surface area contributed by atoms with E-state index in [-0.39, 0.29) is 5.52 Å². The first-order valence-electron chi connectivity index (χ1n) is 6.50. The molecule has 1 aromatic carbocycles. The predicted octanol–water partition coefficient (Wildman–Crippen LogP) is 3.47. The van der Waals surface area contributed by atoms with Crippen LogP contribution in [0.2, 0.25) is 0 Å². The van der Waals surface area contributed by atoms with E-state index in [0.29, 0.717) is 11.3 Å². The maximum absolute atomic E-state index is 12.7. The van der Waals surface area contributed by atoms with Gasteiger partial charge in [-0.05, 0) is 39.0 Å². The van der Waals surface area contributed by atoms with E-state index in [9.17, 15) is 17.4 Å². The second kappa shape index (κ2) is 5.49. The van der Waals surface area contributed by atoms with E-state index in [2.05, 4.69) is 9.38 Å². The molecule has 0 unspecified atom stereocenters. The molecule has 0 aliphatic heterocycles. The molecular weight excluding hydrogens is 315 g/mol. The van der Waals surface area contributed by atoms with Gasteiger partial charge in [-0.1, -0.05) is 0 Å². The number of hydrogen-bond acceptors (Lipinski definition) is 2. The van der Waals surface area contributed by atoms with Crippen LogP contribution in [0.4, 0.5) is 13.2 Å². The first-order valence-corrected chi connectivity index (χ1v) is 7.60. The standard InChI is InChI=1S/C14H16F3N3OS/c1-13(2,3)22(21)18-8-12-19-10-7-9(14(15,16)17)5-6-11(10)20(12)4/h5-8H,1-4H3/b18-8+/t22-/m0/s1. The van der Waals surface area contributed by atoms with Crippen LogP contribution in [0.5, 0.6) is 0 Å². The number of rotatable bonds is 2. The topological polar surface area (TPSA) is 47.2 Å². The van der Waals surface area contributed by atoms with E-state index in [1.807, 2.05) is 0 Å². The zero-order chi connectivity index (χ0) is 16.7. The Morgan fingerprint density at radius 2 is 1.91 bits per heavy atom. The molecule has 0 fully saturated rings. The van der Waals surface area contributed by atoms with E-state index in [1.165, 1.54) is 12.3 Å². The van der Waals surface area contributed by atoms with Crippen molar-refractivity contribution in [2.24, 2.45) is 11.4 Å². The summed E-state index contributed by atoms with van der Waals surface area (Å²) in [6.07, 6.45) is -3.08. The summed E-state index contributed by atoms with van der Waals surface area (Å²) in [6, 6.07) is 3.37. The lowest BCUT2D eigenvalue weighted by Gasteiger charge is -2.12. The van der Waals surface area contributed by atoms with E-state index in [4.69, 9.17) is 0 Å². The molecule has 2 rings (SSSR count). The fourth-order valence-corrected chi connectivity index (χ4v) is 2.27. The molecule has 8 heteroatoms. The van der Waals surface area contributed by atoms with Crippen molar-refractivity contribution in [1.29, 1.82) is 0 Å². The minimum absolute atomic E-state index is 0.223. The second-order valence-corrected chi connectivity index (χ2v) is 7.76. The molecule has 4 nitrogen and oxygen atoms in total. The van der Waals surface area contributed by atoms with Gasteiger partial charge in [-0.15, -0.1) is 0 Å². The van der Waals surface area contributed by atoms with Gasteiger partial charge in [0.2, 0.25) is 0 Å². The fraction of sp³-hybridized carbons (Fsp3) is 0.429. The van der Waals surface area contributed by atoms with E-state index in [0.717, 1.165) is 12.1 Å². The van der Waals surface area contributed by atoms with Crippen LogP contribution in [0.1, 0.15) is 32.2 Å². The second-order valence-electron chi connectivity index (χ2n) is 5.83. The third kappa shape index (κ3) is 3.37. The van der Waals surface area contributed by atoms with Crippen LogP contribution in [-0.2, 0) is 24.2 Å². The first-order chi connectivity index (χ1) is 10.00. The highest BCUT2D eigenvalue weighted by Crippen LogP contribution is 2.31. The number of fused-ring (bicyclic) bond motifs is 1. The van der Waals surface area contributed by atoms with Crippen molar-refractivity contribution < 1.29 is 17.4 Å². The number of imidazole rings is 1. The van der Waals surface area contributed by atoms with Crippen LogP contribution in [0, 0.1) is 0 Å². The number of aryl methyl sites for hydroxylation is 1. The van der Waals surface area contributed by atoms with Crippen molar-refractivity contribution in [3.05, 3.63) is 29.6 Å². The van der Waals surface area contributed by atoms with Gasteiger partial charge >= 0.3 is 6.18 Å². The average Bonchev–Trinajstić information content (AvgIpc) is 2.70. The molecule has 0 amide bonds. The molecule has 120 valence electrons. The van der Waals surface area contributed by atoms with Crippen molar-refractivity contribution in [3.63, 3.8) is 0 Å². The lowest BCUT2D eigenvalue weighted by Crippen LogP contribution is -2.19. The third-order valence-corrected chi connectivity index (χ3v) is 4.38. The summed E-state index contributed by atoms with van der Waals surface area (Å²) in [7, 11) is 0.220. The van der Waals surface area contributed by atoms with Gasteiger partial charge in [0.25, 0.3) is 0 Å². The zero-order valence-electron chi connectivity index (χ0n) is 12.6. The summed E-state index contributed by atoms with van der Waals surface area (Å²) in [5, 5.41) is 0. The normalized spacial score (nSPS) is 14.9. The number of halogens is 3. The summed E-state index contributed by atoms with van der Waals surface area (Å²) in [4.78, 5) is 4.12. The fourth-order valence-electron chi connectivity index (χ4n) is 1.76. The largest absolute Gasteiger partial charge is 0.416 e. The number of aromatic nitrogens is 2. The van der Waals surface area contributed by atoms with Crippen LogP contribution in [0.3, 0.4) is 0 Å². The average molecular weight is 331 g/mol. The Balaban J connectivity index is 2.43. The highest BCUT2D eigenvalue weighted by atomic mass is 32.2. The van der Waals surface area contributed by atoms with Crippen LogP contribution >= 0.6 is 0 Å². The van der Waals surface area contributed by atoms with Gasteiger partial charge in [0.05, 0.1) is 27.6 Å². The SMILES string of the molecule is Cn1c(/C=N/[S@@](=O)C(C)(C)C)nc2cc(C(F)(F)F)ccc21. The van der Waals surface area contributed by atoms with E-state index < -0.39 is 27.5 Å². The Kier molecular flexibility index (Phi) is 4.16. The summed E-state index contributed by atoms with van der Waals surface area (Å²) in [5.41, 5.74) is 0.0242. The van der Waals surface area contributed by atoms with Crippen molar-refractivity contribution >= 4 is 28.2 Å². The van der Waals surface area contributed by atoms with Gasteiger partial charge in [-0.2, -0.15) is 17.6 Å². The molecule has 0 saturated carbocycles. The molecule has 0 N–H and O–H groups in total. The van der Waals surface area contributed by atoms with Crippen molar-refractivity contribution in [2.75, 3.05) is 0 Å². The van der Waals surface area contributed by atoms with Crippen LogP contribution in [0.25, 0.3) is 11.0 Å². The summed E-state index contributed by atoms with van der Waals surface area (Å²) < 4.78 is 55.0. The van der Waals surface area contributed by atoms with Crippen LogP contribution in [0.15, 0.2) is 22.6 Å². The smallest absolute Gasteiger partial charge is 0.326 e. The molecule has 1 aromatic heterocycles. The Morgan fingerprint density at radius 3 is 2.45 bits per heavy atom. The molecule has 0 radical (unpaired) electrons. The van der Waals surface area contributed by atoms with Gasteiger partial charge in [0.1, 0.15) is 11.0 Å². The predicted molar refractivity (Wildman–Crippen MR) is 81.2 cm³/mol. The molecule has 2 aromatic rings. The van der Waals surface area contributed by atoms with Gasteiger partial charge in [-0.25, -0.2) is 9.19 Å². The summed E-state index contributed by atoms with van der Waals surface area (Å²) in [6.45, 7) is 5.35. The van der Waals surface area contributed by atoms with Gasteiger partial charge in [0, 0.05) is 7.05 Å². The Labute approximate surface area is 128 Å². The highest BCUT2D eigenvalue weighted by Gasteiger charge is 2.31. The number of benzene rings is 1. The van der Waals surface area contributed by atoms with Crippen LogP contribution in [-0.4, -0.2) is 24.7 Å². The quantitative estimate of drug-likeness (QED) is 0.791. The van der Waals surface area contributed by atoms with E-state index in [1.54, 1.807) is 32.4 Å². The first kappa shape index (κ1) is 16.7. The molecule has 0 bridgehead atoms. The number of nitrogens with zero attached hydrogens (tertiary/aromatic N) is 3. The number of hydrogen-bond donors (Lipinski definition) is 0. The lowest BCUT2D eigenvalue weighted by molar-refractivity contribution is -0.137. The van der Waals surface area contributed by atoms with Gasteiger partial charge in [0.15, 0.2) is 5.82 Å². The molecule has 0 aliphatic carbocycles. The summed E-state index contributed by atoms with van der Waals surface area (Å²) in [5.74, 6) is 0.354.